The van der Waals surface area contributed by atoms with Gasteiger partial charge in [0.2, 0.25) is 30.8 Å². The van der Waals surface area contributed by atoms with Gasteiger partial charge in [0, 0.05) is 155 Å². The zero-order valence-electron chi connectivity index (χ0n) is 55.8. The van der Waals surface area contributed by atoms with Gasteiger partial charge in [0.15, 0.2) is 0 Å². The van der Waals surface area contributed by atoms with E-state index in [2.05, 4.69) is 52.7 Å². The average molecular weight is 1440 g/mol. The molecule has 0 aromatic heterocycles. The number of carbonyl (C=O) groups is 2. The van der Waals surface area contributed by atoms with Crippen molar-refractivity contribution in [1.82, 2.24) is 18.6 Å². The predicted molar refractivity (Wildman–Crippen MR) is 372 cm³/mol. The standard InChI is InChI=1S/2C37H41N3O8S2/c41-32(42)12-2-1-3-15-38-49(43,44)31-22-25(50(45,46)47)13-14-26(31)33-29-20-23-8-4-16-39-18-6-10-27(34(23)39)36(29)48-37-28-11-7-19-40-17-5-9-24(35(28)40)21-30(33)37;41-32(42)12-2-1-3-15-38-49(43,44)25-13-14-26(31(22-25)50(45,46)47)33-29-20-23-8-4-16-39-18-6-10-27(34(23)39)36(29)48-37-28-11-7-19-40-17-5-9-24(35(28)40)21-30(33)37/h2*13-14,20-22,38H,1-12,15-19H2,(H-,41,42,45,46,47). The molecule has 0 atom stereocenters. The fraction of sp³-hybridized carbons (Fsp3) is 0.459. The number of aliphatic carboxylic acids is 2. The van der Waals surface area contributed by atoms with Gasteiger partial charge < -0.3 is 38.6 Å². The third-order valence-corrected chi connectivity index (χ3v) is 26.4. The van der Waals surface area contributed by atoms with Gasteiger partial charge in [-0.3, -0.25) is 9.59 Å². The van der Waals surface area contributed by atoms with E-state index in [0.29, 0.717) is 66.7 Å². The first-order valence-corrected chi connectivity index (χ1v) is 41.3. The molecule has 10 aliphatic heterocycles. The van der Waals surface area contributed by atoms with E-state index in [9.17, 15) is 52.4 Å². The summed E-state index contributed by atoms with van der Waals surface area (Å²) in [6.07, 6.45) is 17.4. The normalized spacial score (nSPS) is 17.7. The molecule has 0 bridgehead atoms. The van der Waals surface area contributed by atoms with Crippen LogP contribution in [0, 0.1) is 0 Å². The molecule has 26 heteroatoms. The Labute approximate surface area is 582 Å². The van der Waals surface area contributed by atoms with Crippen LogP contribution in [0.15, 0.2) is 80.2 Å². The van der Waals surface area contributed by atoms with Gasteiger partial charge in [0.25, 0.3) is 0 Å². The molecule has 0 spiro atoms. The van der Waals surface area contributed by atoms with Crippen LogP contribution in [-0.4, -0.2) is 130 Å². The van der Waals surface area contributed by atoms with Crippen molar-refractivity contribution < 1.29 is 72.1 Å². The predicted octanol–water partition coefficient (Wildman–Crippen LogP) is 5.90. The maximum absolute atomic E-state index is 14.2. The van der Waals surface area contributed by atoms with Crippen LogP contribution in [0.5, 0.6) is 23.0 Å². The van der Waals surface area contributed by atoms with Gasteiger partial charge in [-0.05, 0) is 162 Å². The molecule has 6 aromatic rings. The van der Waals surface area contributed by atoms with Gasteiger partial charge in [-0.15, -0.1) is 0 Å². The van der Waals surface area contributed by atoms with Crippen LogP contribution in [0.25, 0.3) is 11.1 Å². The summed E-state index contributed by atoms with van der Waals surface area (Å²) in [4.78, 5) is 24.8. The lowest BCUT2D eigenvalue weighted by Crippen LogP contribution is -2.45. The fourth-order valence-corrected chi connectivity index (χ4v) is 21.3. The summed E-state index contributed by atoms with van der Waals surface area (Å²) in [5.41, 5.74) is 14.9. The van der Waals surface area contributed by atoms with Crippen molar-refractivity contribution in [3.8, 4) is 23.0 Å². The number of anilines is 2. The molecule has 0 unspecified atom stereocenters. The Balaban J connectivity index is 0.000000162. The fourth-order valence-electron chi connectivity index (χ4n) is 17.5. The molecule has 6 aromatic carbocycles. The first-order chi connectivity index (χ1) is 48.0. The first-order valence-electron chi connectivity index (χ1n) is 35.5. The number of carboxylic acid groups (broad SMARTS) is 2. The summed E-state index contributed by atoms with van der Waals surface area (Å²) in [5, 5.41) is 21.8. The SMILES string of the molecule is O=C(O)CCCCCNS(=O)(=O)c1cc(S(=O)(=O)[O-])ccc1C1=c2cc3c4c(c2Oc2c1cc1c5c2CCCN5CCC1)CCC[N+]=4CCC3.O=C(O)CCCCCNS(=O)(=O)c1ccc(C2=c3cc4c5c(c3Oc3c2cc2c6c3CCCN6CCC2)CCC[N+]=5CCC4)c(S(=O)(=O)[O-])c1. The quantitative estimate of drug-likeness (QED) is 0.0392. The second-order valence-electron chi connectivity index (χ2n) is 28.1. The van der Waals surface area contributed by atoms with Gasteiger partial charge in [0.1, 0.15) is 69.4 Å². The smallest absolute Gasteiger partial charge is 0.303 e. The topological polar surface area (TPSA) is 312 Å². The molecule has 0 saturated heterocycles. The van der Waals surface area contributed by atoms with Crippen molar-refractivity contribution >= 4 is 74.7 Å². The van der Waals surface area contributed by atoms with Crippen molar-refractivity contribution in [3.05, 3.63) is 149 Å². The highest BCUT2D eigenvalue weighted by molar-refractivity contribution is 7.90. The number of rotatable bonds is 20. The van der Waals surface area contributed by atoms with Crippen LogP contribution in [-0.2, 0) is 101 Å². The largest absolute Gasteiger partial charge is 0.744 e. The number of ether oxygens (including phenoxy) is 2. The molecule has 0 saturated carbocycles. The summed E-state index contributed by atoms with van der Waals surface area (Å²) in [6, 6.07) is 16.0. The molecule has 528 valence electrons. The van der Waals surface area contributed by atoms with Crippen molar-refractivity contribution in [2.24, 2.45) is 0 Å². The number of unbranched alkanes of at least 4 members (excludes halogenated alkanes) is 4. The molecule has 0 fully saturated rings. The molecule has 16 rings (SSSR count). The lowest BCUT2D eigenvalue weighted by Gasteiger charge is -2.39. The number of fused-ring (bicyclic) bond motifs is 8. The number of hydrogen-bond acceptors (Lipinski definition) is 16. The summed E-state index contributed by atoms with van der Waals surface area (Å²) in [5.74, 6) is 1.06. The Morgan fingerprint density at radius 2 is 0.840 bits per heavy atom. The van der Waals surface area contributed by atoms with Gasteiger partial charge >= 0.3 is 11.9 Å². The Morgan fingerprint density at radius 1 is 0.430 bits per heavy atom. The van der Waals surface area contributed by atoms with E-state index in [0.717, 1.165) is 223 Å². The molecule has 0 aliphatic carbocycles. The van der Waals surface area contributed by atoms with E-state index in [1.54, 1.807) is 0 Å². The minimum absolute atomic E-state index is 0.000171. The monoisotopic (exact) mass is 1440 g/mol. The Morgan fingerprint density at radius 3 is 1.30 bits per heavy atom. The highest BCUT2D eigenvalue weighted by atomic mass is 32.2. The summed E-state index contributed by atoms with van der Waals surface area (Å²) < 4.78 is 155. The van der Waals surface area contributed by atoms with Crippen LogP contribution in [0.3, 0.4) is 0 Å². The van der Waals surface area contributed by atoms with Crippen LogP contribution < -0.4 is 59.0 Å². The van der Waals surface area contributed by atoms with E-state index >= 15 is 0 Å². The summed E-state index contributed by atoms with van der Waals surface area (Å²) in [7, 11) is -18.6. The zero-order chi connectivity index (χ0) is 69.6. The highest BCUT2D eigenvalue weighted by Crippen LogP contribution is 2.52. The van der Waals surface area contributed by atoms with Crippen molar-refractivity contribution in [2.45, 2.75) is 174 Å². The zero-order valence-corrected chi connectivity index (χ0v) is 59.1. The van der Waals surface area contributed by atoms with E-state index in [4.69, 9.17) is 19.7 Å². The van der Waals surface area contributed by atoms with Crippen LogP contribution in [0.1, 0.15) is 169 Å². The number of carboxylic acids is 2. The van der Waals surface area contributed by atoms with Crippen LogP contribution in [0.2, 0.25) is 0 Å². The molecule has 22 nitrogen and oxygen atoms in total. The molecule has 100 heavy (non-hydrogen) atoms. The van der Waals surface area contributed by atoms with E-state index in [-0.39, 0.29) is 41.3 Å². The Kier molecular flexibility index (Phi) is 18.4. The van der Waals surface area contributed by atoms with E-state index in [1.165, 1.54) is 68.6 Å². The highest BCUT2D eigenvalue weighted by Gasteiger charge is 2.40. The second-order valence-corrected chi connectivity index (χ2v) is 34.3. The molecule has 0 radical (unpaired) electrons. The number of sulfonamides is 2. The van der Waals surface area contributed by atoms with E-state index in [1.807, 2.05) is 0 Å². The Bertz CT molecular complexity index is 5240. The lowest BCUT2D eigenvalue weighted by atomic mass is 9.82. The summed E-state index contributed by atoms with van der Waals surface area (Å²) >= 11 is 0. The maximum atomic E-state index is 14.2. The number of benzene rings is 6. The number of hydrogen-bond donors (Lipinski definition) is 4. The van der Waals surface area contributed by atoms with E-state index < -0.39 is 62.0 Å². The maximum Gasteiger partial charge on any atom is 0.303 e. The lowest BCUT2D eigenvalue weighted by molar-refractivity contribution is -0.138. The van der Waals surface area contributed by atoms with Crippen LogP contribution >= 0.6 is 0 Å². The van der Waals surface area contributed by atoms with Gasteiger partial charge in [-0.2, -0.15) is 0 Å². The minimum atomic E-state index is -5.15. The number of aryl methyl sites for hydroxylation is 4. The van der Waals surface area contributed by atoms with Crippen molar-refractivity contribution in [1.29, 1.82) is 0 Å². The van der Waals surface area contributed by atoms with Gasteiger partial charge in [-0.25, -0.2) is 52.3 Å². The minimum Gasteiger partial charge on any atom is -0.744 e. The van der Waals surface area contributed by atoms with Crippen molar-refractivity contribution in [2.75, 3.05) is 75.2 Å². The number of nitrogens with one attached hydrogen (secondary N) is 2. The summed E-state index contributed by atoms with van der Waals surface area (Å²) in [6.45, 7) is 7.91. The second kappa shape index (κ2) is 27.0. The third-order valence-electron chi connectivity index (χ3n) is 21.7. The molecule has 4 N–H and O–H groups in total. The van der Waals surface area contributed by atoms with Crippen molar-refractivity contribution in [3.63, 3.8) is 0 Å². The third kappa shape index (κ3) is 12.7. The molecule has 10 aliphatic rings. The molecule has 0 amide bonds. The first kappa shape index (κ1) is 68.2. The van der Waals surface area contributed by atoms with Crippen LogP contribution in [0.4, 0.5) is 11.4 Å². The Hall–Kier alpha value is -7.56. The number of nitrogens with zero attached hydrogens (tertiary/aromatic N) is 4. The van der Waals surface area contributed by atoms with Gasteiger partial charge in [-0.1, -0.05) is 25.0 Å². The molecular formula is C74H82N6O16S4. The van der Waals surface area contributed by atoms with Gasteiger partial charge in [0.05, 0.1) is 30.7 Å². The molecular weight excluding hydrogens is 1360 g/mol. The average Bonchev–Trinajstić information content (AvgIpc) is 0.712. The molecule has 10 heterocycles.